The molecule has 0 saturated carbocycles. The van der Waals surface area contributed by atoms with Crippen LogP contribution in [-0.4, -0.2) is 101 Å². The fourth-order valence-corrected chi connectivity index (χ4v) is 6.08. The minimum atomic E-state index is -4.62. The highest BCUT2D eigenvalue weighted by molar-refractivity contribution is 5.79. The Morgan fingerprint density at radius 3 is 2.76 bits per heavy atom. The standard InChI is InChI=1S/C28H36F3N5O5/c29-28(30,31)19-36(10-7-34-8-12-40-13-9-34)18-22-15-24(3-2-20(22)14-21(26(36)39)16-25(37)38)41-11-4-23-17-35-6-1-5-32-27(35)33-23/h2-3,15,17,21H,1,4-14,16,18-19H2,(H-,32,33,37,38)/p+1. The number of anilines is 1. The van der Waals surface area contributed by atoms with Gasteiger partial charge in [-0.15, -0.1) is 0 Å². The lowest BCUT2D eigenvalue weighted by Gasteiger charge is -2.39. The number of nitrogens with zero attached hydrogens (tertiary/aromatic N) is 4. The van der Waals surface area contributed by atoms with Crippen molar-refractivity contribution in [1.29, 1.82) is 0 Å². The number of carbonyl (C=O) groups excluding carboxylic acids is 1. The number of carboxylic acid groups (broad SMARTS) is 1. The Morgan fingerprint density at radius 1 is 1.22 bits per heavy atom. The van der Waals surface area contributed by atoms with Crippen molar-refractivity contribution in [2.24, 2.45) is 5.92 Å². The SMILES string of the molecule is O=C(O)CC1Cc2ccc(OCCc3cn4c(n3)NCCC4)cc2C[N+](CCN2CCOCC2)(CC(F)(F)F)C1=O. The van der Waals surface area contributed by atoms with Crippen molar-refractivity contribution in [2.45, 2.75) is 44.9 Å². The molecule has 1 aromatic carbocycles. The average molecular weight is 581 g/mol. The molecular formula is C28H37F3N5O5+. The van der Waals surface area contributed by atoms with Crippen LogP contribution < -0.4 is 10.1 Å². The predicted molar refractivity (Wildman–Crippen MR) is 142 cm³/mol. The Balaban J connectivity index is 1.38. The van der Waals surface area contributed by atoms with Gasteiger partial charge in [0.05, 0.1) is 44.4 Å². The highest BCUT2D eigenvalue weighted by atomic mass is 19.4. The molecule has 3 aliphatic rings. The maximum atomic E-state index is 14.1. The number of quaternary nitrogens is 1. The van der Waals surface area contributed by atoms with Crippen LogP contribution >= 0.6 is 0 Å². The zero-order valence-corrected chi connectivity index (χ0v) is 23.0. The van der Waals surface area contributed by atoms with E-state index in [-0.39, 0.29) is 26.1 Å². The number of alkyl halides is 3. The molecule has 1 fully saturated rings. The lowest BCUT2D eigenvalue weighted by atomic mass is 9.94. The topological polar surface area (TPSA) is 106 Å². The highest BCUT2D eigenvalue weighted by Gasteiger charge is 2.51. The van der Waals surface area contributed by atoms with Gasteiger partial charge in [-0.25, -0.2) is 14.3 Å². The summed E-state index contributed by atoms with van der Waals surface area (Å²) in [4.78, 5) is 32.1. The molecule has 0 aliphatic carbocycles. The number of carbonyl (C=O) groups is 2. The number of carboxylic acids is 1. The summed E-state index contributed by atoms with van der Waals surface area (Å²) in [5.74, 6) is -1.61. The quantitative estimate of drug-likeness (QED) is 0.414. The van der Waals surface area contributed by atoms with Gasteiger partial charge in [0.25, 0.3) is 0 Å². The minimum Gasteiger partial charge on any atom is -0.493 e. The van der Waals surface area contributed by atoms with Crippen molar-refractivity contribution in [1.82, 2.24) is 14.5 Å². The number of aromatic nitrogens is 2. The average Bonchev–Trinajstić information content (AvgIpc) is 3.30. The largest absolute Gasteiger partial charge is 0.493 e. The number of rotatable bonds is 10. The van der Waals surface area contributed by atoms with E-state index in [0.29, 0.717) is 56.2 Å². The van der Waals surface area contributed by atoms with Gasteiger partial charge in [0.1, 0.15) is 12.3 Å². The zero-order chi connectivity index (χ0) is 29.0. The predicted octanol–water partition coefficient (Wildman–Crippen LogP) is 2.71. The number of nitrogens with one attached hydrogen (secondary N) is 1. The molecule has 5 rings (SSSR count). The first-order valence-electron chi connectivity index (χ1n) is 14.1. The van der Waals surface area contributed by atoms with Gasteiger partial charge in [-0.05, 0) is 30.5 Å². The molecule has 1 aromatic heterocycles. The smallest absolute Gasteiger partial charge is 0.438 e. The van der Waals surface area contributed by atoms with Gasteiger partial charge >= 0.3 is 18.1 Å². The molecule has 2 aromatic rings. The van der Waals surface area contributed by atoms with Gasteiger partial charge in [0, 0.05) is 50.9 Å². The number of fused-ring (bicyclic) bond motifs is 2. The zero-order valence-electron chi connectivity index (χ0n) is 23.0. The summed E-state index contributed by atoms with van der Waals surface area (Å²) in [5, 5.41) is 12.8. The maximum absolute atomic E-state index is 14.1. The number of amides is 1. The number of hydrogen-bond acceptors (Lipinski definition) is 7. The van der Waals surface area contributed by atoms with Crippen LogP contribution in [0.25, 0.3) is 0 Å². The van der Waals surface area contributed by atoms with Crippen LogP contribution in [0, 0.1) is 5.92 Å². The molecule has 2 atom stereocenters. The first-order valence-corrected chi connectivity index (χ1v) is 14.1. The van der Waals surface area contributed by atoms with Crippen molar-refractivity contribution < 1.29 is 41.8 Å². The molecule has 0 spiro atoms. The molecule has 13 heteroatoms. The normalized spacial score (nSPS) is 23.3. The van der Waals surface area contributed by atoms with E-state index in [4.69, 9.17) is 9.47 Å². The van der Waals surface area contributed by atoms with Crippen molar-refractivity contribution in [3.05, 3.63) is 41.2 Å². The Kier molecular flexibility index (Phi) is 8.85. The number of aryl methyl sites for hydroxylation is 1. The Morgan fingerprint density at radius 2 is 2.02 bits per heavy atom. The van der Waals surface area contributed by atoms with Gasteiger partial charge in [0.2, 0.25) is 5.95 Å². The number of halogens is 3. The molecule has 10 nitrogen and oxygen atoms in total. The summed E-state index contributed by atoms with van der Waals surface area (Å²) < 4.78 is 54.7. The van der Waals surface area contributed by atoms with Crippen LogP contribution in [0.4, 0.5) is 19.1 Å². The number of benzene rings is 1. The molecule has 1 amide bonds. The molecule has 0 bridgehead atoms. The van der Waals surface area contributed by atoms with E-state index in [1.807, 2.05) is 11.1 Å². The van der Waals surface area contributed by atoms with E-state index in [0.717, 1.165) is 31.2 Å². The fraction of sp³-hybridized carbons (Fsp3) is 0.607. The summed E-state index contributed by atoms with van der Waals surface area (Å²) in [6.07, 6.45) is -1.48. The van der Waals surface area contributed by atoms with E-state index < -0.39 is 41.4 Å². The lowest BCUT2D eigenvalue weighted by molar-refractivity contribution is -0.879. The summed E-state index contributed by atoms with van der Waals surface area (Å²) in [5.41, 5.74) is 2.14. The minimum absolute atomic E-state index is 0.0714. The highest BCUT2D eigenvalue weighted by Crippen LogP contribution is 2.35. The van der Waals surface area contributed by atoms with Gasteiger partial charge < -0.3 is 24.5 Å². The summed E-state index contributed by atoms with van der Waals surface area (Å²) in [6.45, 7) is 2.91. The second-order valence-corrected chi connectivity index (χ2v) is 11.1. The van der Waals surface area contributed by atoms with Gasteiger partial charge in [-0.1, -0.05) is 6.07 Å². The molecular weight excluding hydrogens is 543 g/mol. The van der Waals surface area contributed by atoms with Crippen molar-refractivity contribution in [3.63, 3.8) is 0 Å². The van der Waals surface area contributed by atoms with Crippen LogP contribution in [0.3, 0.4) is 0 Å². The van der Waals surface area contributed by atoms with E-state index in [9.17, 15) is 27.9 Å². The lowest BCUT2D eigenvalue weighted by Crippen LogP contribution is -2.61. The first kappa shape index (κ1) is 29.3. The van der Waals surface area contributed by atoms with Crippen LogP contribution in [0.2, 0.25) is 0 Å². The van der Waals surface area contributed by atoms with Crippen molar-refractivity contribution in [3.8, 4) is 5.75 Å². The number of hydrogen-bond donors (Lipinski definition) is 2. The van der Waals surface area contributed by atoms with E-state index in [1.165, 1.54) is 0 Å². The van der Waals surface area contributed by atoms with Crippen LogP contribution in [0.5, 0.6) is 5.75 Å². The summed E-state index contributed by atoms with van der Waals surface area (Å²) >= 11 is 0. The Labute approximate surface area is 236 Å². The molecule has 4 heterocycles. The third-order valence-corrected chi connectivity index (χ3v) is 8.10. The van der Waals surface area contributed by atoms with Crippen molar-refractivity contribution >= 4 is 17.8 Å². The number of ether oxygens (including phenoxy) is 2. The van der Waals surface area contributed by atoms with Crippen molar-refractivity contribution in [2.75, 3.05) is 64.4 Å². The summed E-state index contributed by atoms with van der Waals surface area (Å²) in [6, 6.07) is 5.20. The number of morpholine rings is 1. The molecule has 3 aliphatic heterocycles. The third kappa shape index (κ3) is 7.38. The number of imidazole rings is 1. The molecule has 0 radical (unpaired) electrons. The van der Waals surface area contributed by atoms with Crippen LogP contribution in [-0.2, 0) is 40.3 Å². The van der Waals surface area contributed by atoms with Gasteiger partial charge in [-0.3, -0.25) is 9.69 Å². The molecule has 224 valence electrons. The fourth-order valence-electron chi connectivity index (χ4n) is 6.08. The first-order chi connectivity index (χ1) is 19.6. The Hall–Kier alpha value is -3.16. The number of aliphatic carboxylic acids is 1. The molecule has 41 heavy (non-hydrogen) atoms. The second kappa shape index (κ2) is 12.4. The van der Waals surface area contributed by atoms with Gasteiger partial charge in [0.15, 0.2) is 6.54 Å². The molecule has 2 N–H and O–H groups in total. The van der Waals surface area contributed by atoms with Gasteiger partial charge in [-0.2, -0.15) is 13.2 Å². The second-order valence-electron chi connectivity index (χ2n) is 11.1. The molecule has 1 saturated heterocycles. The van der Waals surface area contributed by atoms with E-state index in [2.05, 4.69) is 14.9 Å². The van der Waals surface area contributed by atoms with Crippen LogP contribution in [0.1, 0.15) is 29.7 Å². The Bertz CT molecular complexity index is 1220. The maximum Gasteiger partial charge on any atom is 0.438 e. The van der Waals surface area contributed by atoms with E-state index in [1.54, 1.807) is 18.2 Å². The molecule has 2 unspecified atom stereocenters. The monoisotopic (exact) mass is 580 g/mol. The van der Waals surface area contributed by atoms with Crippen LogP contribution in [0.15, 0.2) is 24.4 Å². The third-order valence-electron chi connectivity index (χ3n) is 8.10. The van der Waals surface area contributed by atoms with E-state index >= 15 is 0 Å². The summed E-state index contributed by atoms with van der Waals surface area (Å²) in [7, 11) is 0.